The summed E-state index contributed by atoms with van der Waals surface area (Å²) in [6.07, 6.45) is 0. The number of amides is 1. The predicted octanol–water partition coefficient (Wildman–Crippen LogP) is 6.32. The molecule has 11 heteroatoms. The van der Waals surface area contributed by atoms with Crippen molar-refractivity contribution in [1.82, 2.24) is 10.3 Å². The Labute approximate surface area is 205 Å². The number of carbonyl (C=O) groups excluding carboxylic acids is 1. The second-order valence-electron chi connectivity index (χ2n) is 6.70. The number of benzene rings is 3. The molecule has 0 saturated carbocycles. The highest BCUT2D eigenvalue weighted by molar-refractivity contribution is 9.10. The van der Waals surface area contributed by atoms with Gasteiger partial charge in [0.1, 0.15) is 11.3 Å². The van der Waals surface area contributed by atoms with Gasteiger partial charge in [0.05, 0.1) is 23.3 Å². The Morgan fingerprint density at radius 3 is 2.67 bits per heavy atom. The van der Waals surface area contributed by atoms with Crippen LogP contribution >= 0.6 is 39.7 Å². The summed E-state index contributed by atoms with van der Waals surface area (Å²) in [4.78, 5) is 16.9. The van der Waals surface area contributed by atoms with E-state index in [1.165, 1.54) is 7.11 Å². The third kappa shape index (κ3) is 4.97. The standard InChI is InChI=1S/C22H13BrClF2N3O3S/c1-31-18-4-2-10(23)6-13(18)20(30)29-22(33)27-11-3-5-19-17(7-11)28-21(32-19)12-8-15(25)16(26)9-14(12)24/h2-9H,1H3,(H2,27,29,30,33). The van der Waals surface area contributed by atoms with E-state index in [1.54, 1.807) is 36.4 Å². The number of methoxy groups -OCH3 is 1. The smallest absolute Gasteiger partial charge is 0.261 e. The summed E-state index contributed by atoms with van der Waals surface area (Å²) in [7, 11) is 1.46. The first-order valence-corrected chi connectivity index (χ1v) is 10.8. The van der Waals surface area contributed by atoms with Gasteiger partial charge in [0.25, 0.3) is 5.91 Å². The van der Waals surface area contributed by atoms with Gasteiger partial charge in [0, 0.05) is 10.2 Å². The highest BCUT2D eigenvalue weighted by Gasteiger charge is 2.17. The van der Waals surface area contributed by atoms with Gasteiger partial charge in [-0.1, -0.05) is 27.5 Å². The first kappa shape index (κ1) is 23.1. The van der Waals surface area contributed by atoms with Crippen LogP contribution in [0.25, 0.3) is 22.6 Å². The molecule has 0 aliphatic heterocycles. The number of ether oxygens (including phenoxy) is 1. The number of oxazole rings is 1. The minimum atomic E-state index is -1.07. The third-order valence-corrected chi connectivity index (χ3v) is 5.53. The lowest BCUT2D eigenvalue weighted by molar-refractivity contribution is 0.0974. The van der Waals surface area contributed by atoms with E-state index in [4.69, 9.17) is 33.0 Å². The summed E-state index contributed by atoms with van der Waals surface area (Å²) < 4.78 is 38.5. The molecule has 0 spiro atoms. The molecule has 0 atom stereocenters. The molecule has 0 unspecified atom stereocenters. The van der Waals surface area contributed by atoms with Gasteiger partial charge in [0.2, 0.25) is 5.89 Å². The predicted molar refractivity (Wildman–Crippen MR) is 129 cm³/mol. The first-order chi connectivity index (χ1) is 15.7. The largest absolute Gasteiger partial charge is 0.496 e. The van der Waals surface area contributed by atoms with Crippen LogP contribution in [-0.2, 0) is 0 Å². The Morgan fingerprint density at radius 1 is 1.15 bits per heavy atom. The summed E-state index contributed by atoms with van der Waals surface area (Å²) in [5.41, 5.74) is 1.75. The maximum Gasteiger partial charge on any atom is 0.261 e. The zero-order valence-electron chi connectivity index (χ0n) is 16.7. The number of fused-ring (bicyclic) bond motifs is 1. The summed E-state index contributed by atoms with van der Waals surface area (Å²) in [6, 6.07) is 11.7. The minimum absolute atomic E-state index is 0.0312. The van der Waals surface area contributed by atoms with E-state index in [9.17, 15) is 13.6 Å². The van der Waals surface area contributed by atoms with Crippen molar-refractivity contribution in [2.75, 3.05) is 12.4 Å². The Kier molecular flexibility index (Phi) is 6.59. The molecule has 1 aromatic heterocycles. The van der Waals surface area contributed by atoms with Crippen LogP contribution in [0.2, 0.25) is 5.02 Å². The normalized spacial score (nSPS) is 10.8. The van der Waals surface area contributed by atoms with E-state index in [0.29, 0.717) is 32.6 Å². The number of nitrogens with one attached hydrogen (secondary N) is 2. The number of hydrogen-bond donors (Lipinski definition) is 2. The third-order valence-electron chi connectivity index (χ3n) is 4.52. The van der Waals surface area contributed by atoms with Crippen molar-refractivity contribution < 1.29 is 22.7 Å². The quantitative estimate of drug-likeness (QED) is 0.228. The van der Waals surface area contributed by atoms with Gasteiger partial charge in [-0.3, -0.25) is 10.1 Å². The fourth-order valence-electron chi connectivity index (χ4n) is 3.00. The number of hydrogen-bond acceptors (Lipinski definition) is 5. The number of thiocarbonyl (C=S) groups is 1. The minimum Gasteiger partial charge on any atom is -0.496 e. The van der Waals surface area contributed by atoms with Crippen LogP contribution in [0.15, 0.2) is 57.4 Å². The second-order valence-corrected chi connectivity index (χ2v) is 8.43. The highest BCUT2D eigenvalue weighted by atomic mass is 79.9. The number of anilines is 1. The van der Waals surface area contributed by atoms with E-state index >= 15 is 0 Å². The van der Waals surface area contributed by atoms with Gasteiger partial charge in [-0.15, -0.1) is 0 Å². The molecular weight excluding hydrogens is 540 g/mol. The van der Waals surface area contributed by atoms with Gasteiger partial charge in [-0.25, -0.2) is 13.8 Å². The van der Waals surface area contributed by atoms with Crippen LogP contribution in [0.5, 0.6) is 5.75 Å². The van der Waals surface area contributed by atoms with E-state index < -0.39 is 17.5 Å². The van der Waals surface area contributed by atoms with E-state index in [-0.39, 0.29) is 21.6 Å². The molecule has 168 valence electrons. The number of halogens is 4. The first-order valence-electron chi connectivity index (χ1n) is 9.26. The van der Waals surface area contributed by atoms with Crippen molar-refractivity contribution in [1.29, 1.82) is 0 Å². The average Bonchev–Trinajstić information content (AvgIpc) is 3.19. The van der Waals surface area contributed by atoms with Crippen LogP contribution in [0.4, 0.5) is 14.5 Å². The average molecular weight is 553 g/mol. The topological polar surface area (TPSA) is 76.4 Å². The zero-order chi connectivity index (χ0) is 23.7. The van der Waals surface area contributed by atoms with Crippen molar-refractivity contribution >= 4 is 67.6 Å². The Morgan fingerprint density at radius 2 is 1.91 bits per heavy atom. The van der Waals surface area contributed by atoms with Crippen molar-refractivity contribution in [2.45, 2.75) is 0 Å². The molecule has 33 heavy (non-hydrogen) atoms. The van der Waals surface area contributed by atoms with Gasteiger partial charge < -0.3 is 14.5 Å². The fourth-order valence-corrected chi connectivity index (χ4v) is 3.80. The molecular formula is C22H13BrClF2N3O3S. The van der Waals surface area contributed by atoms with Crippen molar-refractivity contribution in [2.24, 2.45) is 0 Å². The molecule has 1 heterocycles. The Bertz CT molecular complexity index is 1410. The molecule has 1 amide bonds. The summed E-state index contributed by atoms with van der Waals surface area (Å²) >= 11 is 14.6. The van der Waals surface area contributed by atoms with Crippen molar-refractivity contribution in [3.63, 3.8) is 0 Å². The molecule has 0 aliphatic carbocycles. The van der Waals surface area contributed by atoms with Crippen molar-refractivity contribution in [3.8, 4) is 17.2 Å². The highest BCUT2D eigenvalue weighted by Crippen LogP contribution is 2.32. The SMILES string of the molecule is COc1ccc(Br)cc1C(=O)NC(=S)Nc1ccc2oc(-c3cc(F)c(F)cc3Cl)nc2c1. The van der Waals surface area contributed by atoms with Crippen LogP contribution in [-0.4, -0.2) is 23.1 Å². The van der Waals surface area contributed by atoms with Gasteiger partial charge in [-0.05, 0) is 60.7 Å². The number of rotatable bonds is 4. The summed E-state index contributed by atoms with van der Waals surface area (Å²) in [6.45, 7) is 0. The molecule has 4 aromatic rings. The summed E-state index contributed by atoms with van der Waals surface area (Å²) in [5, 5.41) is 5.49. The number of carbonyl (C=O) groups is 1. The summed E-state index contributed by atoms with van der Waals surface area (Å²) in [5.74, 6) is -2.16. The van der Waals surface area contributed by atoms with E-state index in [0.717, 1.165) is 12.1 Å². The van der Waals surface area contributed by atoms with Gasteiger partial charge in [-0.2, -0.15) is 0 Å². The molecule has 0 aliphatic rings. The zero-order valence-corrected chi connectivity index (χ0v) is 19.9. The molecule has 3 aromatic carbocycles. The van der Waals surface area contributed by atoms with Crippen LogP contribution < -0.4 is 15.4 Å². The maximum absolute atomic E-state index is 13.6. The van der Waals surface area contributed by atoms with Gasteiger partial charge in [0.15, 0.2) is 22.3 Å². The lowest BCUT2D eigenvalue weighted by Crippen LogP contribution is -2.34. The van der Waals surface area contributed by atoms with Crippen LogP contribution in [0, 0.1) is 11.6 Å². The lowest BCUT2D eigenvalue weighted by atomic mass is 10.2. The van der Waals surface area contributed by atoms with E-state index in [1.807, 2.05) is 0 Å². The second kappa shape index (κ2) is 9.42. The molecule has 6 nitrogen and oxygen atoms in total. The number of nitrogens with zero attached hydrogens (tertiary/aromatic N) is 1. The fraction of sp³-hybridized carbons (Fsp3) is 0.0455. The van der Waals surface area contributed by atoms with Crippen LogP contribution in [0.3, 0.4) is 0 Å². The van der Waals surface area contributed by atoms with Crippen LogP contribution in [0.1, 0.15) is 10.4 Å². The molecule has 0 radical (unpaired) electrons. The lowest BCUT2D eigenvalue weighted by Gasteiger charge is -2.12. The number of aromatic nitrogens is 1. The van der Waals surface area contributed by atoms with Gasteiger partial charge >= 0.3 is 0 Å². The van der Waals surface area contributed by atoms with Crippen molar-refractivity contribution in [3.05, 3.63) is 75.2 Å². The molecule has 2 N–H and O–H groups in total. The Hall–Kier alpha value is -3.08. The molecule has 0 saturated heterocycles. The molecule has 4 rings (SSSR count). The maximum atomic E-state index is 13.6. The molecule has 0 fully saturated rings. The molecule has 0 bridgehead atoms. The van der Waals surface area contributed by atoms with E-state index in [2.05, 4.69) is 31.5 Å². The Balaban J connectivity index is 1.53. The monoisotopic (exact) mass is 551 g/mol.